The molecule has 2 aromatic carbocycles. The van der Waals surface area contributed by atoms with Gasteiger partial charge in [-0.05, 0) is 24.6 Å². The number of nitriles is 1. The fourth-order valence-corrected chi connectivity index (χ4v) is 3.34. The van der Waals surface area contributed by atoms with Crippen LogP contribution in [0, 0.1) is 17.1 Å². The Kier molecular flexibility index (Phi) is 4.36. The Morgan fingerprint density at radius 3 is 2.43 bits per heavy atom. The Balaban J connectivity index is 2.36. The monoisotopic (exact) mass is 304 g/mol. The number of rotatable bonds is 4. The molecule has 0 fully saturated rings. The highest BCUT2D eigenvalue weighted by Crippen LogP contribution is 2.21. The van der Waals surface area contributed by atoms with E-state index < -0.39 is 27.4 Å². The van der Waals surface area contributed by atoms with Gasteiger partial charge in [0.25, 0.3) is 0 Å². The molecular formula is C15H13FN2O2S. The quantitative estimate of drug-likeness (QED) is 0.944. The van der Waals surface area contributed by atoms with Crippen molar-refractivity contribution in [1.29, 1.82) is 5.26 Å². The molecule has 6 heteroatoms. The lowest BCUT2D eigenvalue weighted by atomic mass is 10.1. The summed E-state index contributed by atoms with van der Waals surface area (Å²) in [6, 6.07) is 13.6. The first-order valence-corrected chi connectivity index (χ1v) is 7.70. The first-order valence-electron chi connectivity index (χ1n) is 6.21. The molecule has 0 amide bonds. The molecule has 21 heavy (non-hydrogen) atoms. The number of hydrogen-bond donors (Lipinski definition) is 1. The van der Waals surface area contributed by atoms with E-state index in [9.17, 15) is 12.8 Å². The van der Waals surface area contributed by atoms with Crippen molar-refractivity contribution >= 4 is 10.0 Å². The van der Waals surface area contributed by atoms with Gasteiger partial charge in [0.05, 0.1) is 0 Å². The number of nitrogens with one attached hydrogen (secondary N) is 1. The summed E-state index contributed by atoms with van der Waals surface area (Å²) in [5.74, 6) is -0.854. The molecule has 4 nitrogen and oxygen atoms in total. The summed E-state index contributed by atoms with van der Waals surface area (Å²) in [6.45, 7) is 1.68. The van der Waals surface area contributed by atoms with E-state index in [0.717, 1.165) is 11.6 Å². The first kappa shape index (κ1) is 15.2. The number of hydrogen-bond acceptors (Lipinski definition) is 3. The van der Waals surface area contributed by atoms with Gasteiger partial charge in [-0.2, -0.15) is 5.26 Å². The minimum absolute atomic E-state index is 0.354. The topological polar surface area (TPSA) is 70.0 Å². The largest absolute Gasteiger partial charge is 0.242 e. The van der Waals surface area contributed by atoms with Crippen molar-refractivity contribution in [1.82, 2.24) is 4.72 Å². The Hall–Kier alpha value is -2.23. The maximum atomic E-state index is 13.5. The number of benzene rings is 2. The lowest BCUT2D eigenvalue weighted by Crippen LogP contribution is -2.27. The van der Waals surface area contributed by atoms with Crippen molar-refractivity contribution in [3.63, 3.8) is 0 Å². The van der Waals surface area contributed by atoms with Crippen LogP contribution in [0.5, 0.6) is 0 Å². The van der Waals surface area contributed by atoms with Crippen LogP contribution in [-0.2, 0) is 10.0 Å². The summed E-state index contributed by atoms with van der Waals surface area (Å²) in [6.07, 6.45) is 0. The Morgan fingerprint density at radius 2 is 1.81 bits per heavy atom. The molecule has 0 spiro atoms. The van der Waals surface area contributed by atoms with Crippen LogP contribution in [0.1, 0.15) is 24.1 Å². The second-order valence-electron chi connectivity index (χ2n) is 4.48. The van der Waals surface area contributed by atoms with E-state index >= 15 is 0 Å². The Labute approximate surface area is 122 Å². The number of sulfonamides is 1. The fraction of sp³-hybridized carbons (Fsp3) is 0.133. The molecule has 108 valence electrons. The second-order valence-corrected chi connectivity index (χ2v) is 6.16. The smallest absolute Gasteiger partial charge is 0.207 e. The SMILES string of the molecule is C[C@@H](NS(=O)(=O)c1cccc(F)c1C#N)c1ccccc1. The van der Waals surface area contributed by atoms with Gasteiger partial charge in [-0.1, -0.05) is 36.4 Å². The Bertz CT molecular complexity index is 783. The molecule has 0 unspecified atom stereocenters. The van der Waals surface area contributed by atoms with E-state index in [1.807, 2.05) is 6.07 Å². The van der Waals surface area contributed by atoms with Gasteiger partial charge in [0.15, 0.2) is 0 Å². The average molecular weight is 304 g/mol. The van der Waals surface area contributed by atoms with Crippen LogP contribution in [0.15, 0.2) is 53.4 Å². The van der Waals surface area contributed by atoms with E-state index in [1.54, 1.807) is 37.3 Å². The van der Waals surface area contributed by atoms with Crippen molar-refractivity contribution in [2.75, 3.05) is 0 Å². The molecule has 1 N–H and O–H groups in total. The highest BCUT2D eigenvalue weighted by Gasteiger charge is 2.23. The van der Waals surface area contributed by atoms with Crippen LogP contribution in [0.25, 0.3) is 0 Å². The summed E-state index contributed by atoms with van der Waals surface area (Å²) in [5.41, 5.74) is 0.293. The van der Waals surface area contributed by atoms with Crippen LogP contribution >= 0.6 is 0 Å². The minimum Gasteiger partial charge on any atom is -0.207 e. The normalized spacial score (nSPS) is 12.6. The Morgan fingerprint density at radius 1 is 1.14 bits per heavy atom. The van der Waals surface area contributed by atoms with E-state index in [2.05, 4.69) is 4.72 Å². The zero-order valence-electron chi connectivity index (χ0n) is 11.2. The van der Waals surface area contributed by atoms with Gasteiger partial charge < -0.3 is 0 Å². The van der Waals surface area contributed by atoms with Crippen LogP contribution < -0.4 is 4.72 Å². The van der Waals surface area contributed by atoms with Gasteiger partial charge in [0, 0.05) is 6.04 Å². The predicted octanol–water partition coefficient (Wildman–Crippen LogP) is 2.74. The lowest BCUT2D eigenvalue weighted by molar-refractivity contribution is 0.563. The van der Waals surface area contributed by atoms with Crippen LogP contribution in [0.4, 0.5) is 4.39 Å². The summed E-state index contributed by atoms with van der Waals surface area (Å²) >= 11 is 0. The number of nitrogens with zero attached hydrogens (tertiary/aromatic N) is 1. The molecular weight excluding hydrogens is 291 g/mol. The first-order chi connectivity index (χ1) is 9.95. The highest BCUT2D eigenvalue weighted by molar-refractivity contribution is 7.89. The molecule has 0 bridgehead atoms. The van der Waals surface area contributed by atoms with Gasteiger partial charge in [-0.25, -0.2) is 17.5 Å². The lowest BCUT2D eigenvalue weighted by Gasteiger charge is -2.15. The van der Waals surface area contributed by atoms with E-state index in [4.69, 9.17) is 5.26 Å². The summed E-state index contributed by atoms with van der Waals surface area (Å²) in [5, 5.41) is 8.93. The molecule has 1 atom stereocenters. The van der Waals surface area contributed by atoms with Gasteiger partial charge >= 0.3 is 0 Å². The molecule has 0 saturated carbocycles. The van der Waals surface area contributed by atoms with Crippen molar-refractivity contribution < 1.29 is 12.8 Å². The molecule has 0 saturated heterocycles. The molecule has 2 aromatic rings. The zero-order valence-corrected chi connectivity index (χ0v) is 12.1. The second kappa shape index (κ2) is 6.04. The fourth-order valence-electron chi connectivity index (χ4n) is 1.94. The number of halogens is 1. The van der Waals surface area contributed by atoms with Crippen LogP contribution in [0.3, 0.4) is 0 Å². The van der Waals surface area contributed by atoms with Crippen LogP contribution in [-0.4, -0.2) is 8.42 Å². The molecule has 0 radical (unpaired) electrons. The van der Waals surface area contributed by atoms with Gasteiger partial charge in [0.2, 0.25) is 10.0 Å². The molecule has 0 aliphatic heterocycles. The third-order valence-electron chi connectivity index (χ3n) is 3.01. The summed E-state index contributed by atoms with van der Waals surface area (Å²) in [4.78, 5) is -0.354. The van der Waals surface area contributed by atoms with Crippen molar-refractivity contribution in [2.45, 2.75) is 17.9 Å². The minimum atomic E-state index is -3.99. The summed E-state index contributed by atoms with van der Waals surface area (Å²) in [7, 11) is -3.99. The van der Waals surface area contributed by atoms with Crippen molar-refractivity contribution in [3.05, 3.63) is 65.5 Å². The molecule has 0 aliphatic carbocycles. The molecule has 2 rings (SSSR count). The van der Waals surface area contributed by atoms with E-state index in [-0.39, 0.29) is 4.90 Å². The zero-order chi connectivity index (χ0) is 15.5. The maximum Gasteiger partial charge on any atom is 0.242 e. The van der Waals surface area contributed by atoms with Gasteiger partial charge in [0.1, 0.15) is 22.3 Å². The van der Waals surface area contributed by atoms with Gasteiger partial charge in [-0.3, -0.25) is 0 Å². The van der Waals surface area contributed by atoms with Gasteiger partial charge in [-0.15, -0.1) is 0 Å². The molecule has 0 heterocycles. The predicted molar refractivity (Wildman–Crippen MR) is 76.3 cm³/mol. The standard InChI is InChI=1S/C15H13FN2O2S/c1-11(12-6-3-2-4-7-12)18-21(19,20)15-9-5-8-14(16)13(15)10-17/h2-9,11,18H,1H3/t11-/m1/s1. The van der Waals surface area contributed by atoms with Crippen LogP contribution in [0.2, 0.25) is 0 Å². The maximum absolute atomic E-state index is 13.5. The summed E-state index contributed by atoms with van der Waals surface area (Å²) < 4.78 is 40.6. The van der Waals surface area contributed by atoms with E-state index in [1.165, 1.54) is 12.1 Å². The third-order valence-corrected chi connectivity index (χ3v) is 4.59. The average Bonchev–Trinajstić information content (AvgIpc) is 2.47. The molecule has 0 aromatic heterocycles. The molecule has 0 aliphatic rings. The highest BCUT2D eigenvalue weighted by atomic mass is 32.2. The van der Waals surface area contributed by atoms with E-state index in [0.29, 0.717) is 0 Å². The van der Waals surface area contributed by atoms with Crippen molar-refractivity contribution in [3.8, 4) is 6.07 Å². The van der Waals surface area contributed by atoms with Crippen molar-refractivity contribution in [2.24, 2.45) is 0 Å². The third kappa shape index (κ3) is 3.27.